The maximum absolute atomic E-state index is 12.3. The molecule has 5 N–H and O–H groups in total. The van der Waals surface area contributed by atoms with E-state index in [-0.39, 0.29) is 45.9 Å². The Hall–Kier alpha value is -0.740. The Kier molecular flexibility index (Phi) is 6.77. The van der Waals surface area contributed by atoms with Crippen molar-refractivity contribution in [3.63, 3.8) is 0 Å². The van der Waals surface area contributed by atoms with Gasteiger partial charge in [0.25, 0.3) is 0 Å². The van der Waals surface area contributed by atoms with Gasteiger partial charge < -0.3 is 39.7 Å². The Morgan fingerprint density at radius 2 is 1.58 bits per heavy atom. The van der Waals surface area contributed by atoms with Crippen LogP contribution in [0.25, 0.3) is 0 Å². The summed E-state index contributed by atoms with van der Waals surface area (Å²) < 4.78 is 18.8. The van der Waals surface area contributed by atoms with E-state index < -0.39 is 36.3 Å². The quantitative estimate of drug-likeness (QED) is 0.304. The molecule has 0 amide bonds. The second kappa shape index (κ2) is 9.42. The number of aliphatic hydroxyl groups excluding tert-OH is 4. The van der Waals surface area contributed by atoms with Gasteiger partial charge in [-0.25, -0.2) is 0 Å². The minimum absolute atomic E-state index is 0.0489. The zero-order valence-corrected chi connectivity index (χ0v) is 27.3. The lowest BCUT2D eigenvalue weighted by molar-refractivity contribution is -0.303. The largest absolute Gasteiger partial charge is 0.492 e. The molecule has 8 heteroatoms. The van der Waals surface area contributed by atoms with Gasteiger partial charge in [-0.15, -0.1) is 0 Å². The Labute approximate surface area is 257 Å². The lowest BCUT2D eigenvalue weighted by Gasteiger charge is -2.63. The summed E-state index contributed by atoms with van der Waals surface area (Å²) in [4.78, 5) is 0. The summed E-state index contributed by atoms with van der Waals surface area (Å²) in [5.41, 5.74) is 0.416. The lowest BCUT2D eigenvalue weighted by Crippen LogP contribution is -2.61. The molecule has 2 heterocycles. The SMILES string of the molecule is C[C@@H]1C[C@H](CC(C)(C)O)OC2=C1[C@@]1(C)CC[C@@]34C[C@@]35CC[C@H](O[C@@H]3OC[C@@H](O)[C@H](O)[C@H]3O)C(C)(C)[C@@H]5CC[C@H]4[C@]1(C)[C@H]2O. The summed E-state index contributed by atoms with van der Waals surface area (Å²) in [6.45, 7) is 15.3. The van der Waals surface area contributed by atoms with E-state index in [1.807, 2.05) is 13.8 Å². The summed E-state index contributed by atoms with van der Waals surface area (Å²) in [5, 5.41) is 53.6. The van der Waals surface area contributed by atoms with E-state index in [2.05, 4.69) is 34.6 Å². The molecule has 244 valence electrons. The summed E-state index contributed by atoms with van der Waals surface area (Å²) in [6, 6.07) is 0. The van der Waals surface area contributed by atoms with Gasteiger partial charge in [0.2, 0.25) is 0 Å². The van der Waals surface area contributed by atoms with E-state index in [9.17, 15) is 25.5 Å². The van der Waals surface area contributed by atoms with E-state index >= 15 is 0 Å². The van der Waals surface area contributed by atoms with Gasteiger partial charge in [-0.2, -0.15) is 0 Å². The van der Waals surface area contributed by atoms with E-state index in [0.29, 0.717) is 24.2 Å². The highest BCUT2D eigenvalue weighted by Crippen LogP contribution is 2.89. The zero-order valence-electron chi connectivity index (χ0n) is 27.3. The Balaban J connectivity index is 1.14. The van der Waals surface area contributed by atoms with Crippen molar-refractivity contribution in [3.8, 4) is 0 Å². The molecule has 2 aliphatic heterocycles. The molecule has 14 atom stereocenters. The van der Waals surface area contributed by atoms with Crippen LogP contribution in [0.1, 0.15) is 106 Å². The summed E-state index contributed by atoms with van der Waals surface area (Å²) >= 11 is 0. The van der Waals surface area contributed by atoms with Crippen LogP contribution in [0, 0.1) is 44.8 Å². The first-order valence-electron chi connectivity index (χ1n) is 17.1. The normalized spacial score (nSPS) is 55.3. The molecule has 8 nitrogen and oxygen atoms in total. The number of rotatable bonds is 4. The van der Waals surface area contributed by atoms with Gasteiger partial charge in [0.15, 0.2) is 6.29 Å². The lowest BCUT2D eigenvalue weighted by atomic mass is 9.41. The van der Waals surface area contributed by atoms with Crippen LogP contribution >= 0.6 is 0 Å². The predicted octanol–water partition coefficient (Wildman–Crippen LogP) is 4.05. The third-order valence-corrected chi connectivity index (χ3v) is 14.7. The van der Waals surface area contributed by atoms with Gasteiger partial charge >= 0.3 is 0 Å². The standard InChI is InChI=1S/C35H56O8/c1-18-14-19(15-30(2,3)40)42-27-24(18)32(6)12-13-35-17-34(35)11-10-23(43-29-26(38)25(37)20(36)16-41-29)31(4,5)21(34)8-9-22(35)33(32,7)28(27)39/h18-23,25-26,28-29,36-40H,8-17H2,1-7H3/t18-,19-,20-,21+,22+,23+,25+,26-,28+,29+,32-,33-,34-,35+/m1/s1. The van der Waals surface area contributed by atoms with Gasteiger partial charge in [0.05, 0.1) is 18.3 Å². The van der Waals surface area contributed by atoms with Gasteiger partial charge in [0.1, 0.15) is 36.3 Å². The van der Waals surface area contributed by atoms with E-state index in [0.717, 1.165) is 44.3 Å². The smallest absolute Gasteiger partial charge is 0.186 e. The number of hydrogen-bond donors (Lipinski definition) is 5. The highest BCUT2D eigenvalue weighted by molar-refractivity contribution is 5.42. The average molecular weight is 605 g/mol. The summed E-state index contributed by atoms with van der Waals surface area (Å²) in [7, 11) is 0. The van der Waals surface area contributed by atoms with Crippen LogP contribution in [-0.2, 0) is 14.2 Å². The molecule has 7 rings (SSSR count). The Bertz CT molecular complexity index is 1180. The zero-order chi connectivity index (χ0) is 31.1. The van der Waals surface area contributed by atoms with Crippen LogP contribution in [-0.4, -0.2) is 80.7 Å². The van der Waals surface area contributed by atoms with Crippen LogP contribution in [0.15, 0.2) is 11.3 Å². The molecule has 4 saturated carbocycles. The second-order valence-corrected chi connectivity index (χ2v) is 17.6. The van der Waals surface area contributed by atoms with Crippen LogP contribution < -0.4 is 0 Å². The first-order chi connectivity index (χ1) is 19.9. The number of ether oxygens (including phenoxy) is 3. The monoisotopic (exact) mass is 604 g/mol. The van der Waals surface area contributed by atoms with Crippen molar-refractivity contribution in [2.45, 2.75) is 155 Å². The number of hydrogen-bond acceptors (Lipinski definition) is 8. The molecule has 0 radical (unpaired) electrons. The molecule has 7 aliphatic rings. The van der Waals surface area contributed by atoms with Crippen LogP contribution in [0.5, 0.6) is 0 Å². The minimum atomic E-state index is -1.27. The van der Waals surface area contributed by atoms with E-state index in [4.69, 9.17) is 14.2 Å². The molecule has 0 aromatic rings. The van der Waals surface area contributed by atoms with Crippen molar-refractivity contribution in [2.75, 3.05) is 6.61 Å². The Morgan fingerprint density at radius 3 is 2.28 bits per heavy atom. The first-order valence-corrected chi connectivity index (χ1v) is 17.1. The highest BCUT2D eigenvalue weighted by Gasteiger charge is 2.83. The minimum Gasteiger partial charge on any atom is -0.492 e. The van der Waals surface area contributed by atoms with Crippen molar-refractivity contribution in [1.29, 1.82) is 0 Å². The van der Waals surface area contributed by atoms with Crippen molar-refractivity contribution in [2.24, 2.45) is 44.8 Å². The Morgan fingerprint density at radius 1 is 0.907 bits per heavy atom. The fourth-order valence-electron chi connectivity index (χ4n) is 12.7. The van der Waals surface area contributed by atoms with Gasteiger partial charge in [-0.1, -0.05) is 34.6 Å². The van der Waals surface area contributed by atoms with Gasteiger partial charge in [0, 0.05) is 17.3 Å². The fraction of sp³-hybridized carbons (Fsp3) is 0.943. The maximum Gasteiger partial charge on any atom is 0.186 e. The molecule has 5 aliphatic carbocycles. The average Bonchev–Trinajstić information content (AvgIpc) is 3.54. The molecule has 43 heavy (non-hydrogen) atoms. The van der Waals surface area contributed by atoms with Crippen LogP contribution in [0.2, 0.25) is 0 Å². The van der Waals surface area contributed by atoms with Crippen LogP contribution in [0.4, 0.5) is 0 Å². The third kappa shape index (κ3) is 3.93. The first kappa shape index (κ1) is 30.9. The molecule has 0 aromatic heterocycles. The molecule has 2 spiro atoms. The molecular weight excluding hydrogens is 548 g/mol. The van der Waals surface area contributed by atoms with Crippen molar-refractivity contribution in [1.82, 2.24) is 0 Å². The molecule has 0 aromatic carbocycles. The molecular formula is C35H56O8. The number of aliphatic hydroxyl groups is 5. The molecule has 1 saturated heterocycles. The predicted molar refractivity (Wildman–Crippen MR) is 159 cm³/mol. The molecule has 0 unspecified atom stereocenters. The summed E-state index contributed by atoms with van der Waals surface area (Å²) in [6.07, 6.45) is 3.56. The topological polar surface area (TPSA) is 129 Å². The van der Waals surface area contributed by atoms with E-state index in [1.54, 1.807) is 0 Å². The maximum atomic E-state index is 12.3. The van der Waals surface area contributed by atoms with Crippen molar-refractivity contribution < 1.29 is 39.7 Å². The van der Waals surface area contributed by atoms with Gasteiger partial charge in [-0.3, -0.25) is 0 Å². The van der Waals surface area contributed by atoms with E-state index in [1.165, 1.54) is 18.4 Å². The number of fused-ring (bicyclic) bond motifs is 3. The fourth-order valence-corrected chi connectivity index (χ4v) is 12.7. The molecule has 0 bridgehead atoms. The number of allylic oxidation sites excluding steroid dienone is 1. The highest BCUT2D eigenvalue weighted by atomic mass is 16.7. The van der Waals surface area contributed by atoms with Gasteiger partial charge in [-0.05, 0) is 105 Å². The van der Waals surface area contributed by atoms with Crippen molar-refractivity contribution in [3.05, 3.63) is 11.3 Å². The molecule has 5 fully saturated rings. The summed E-state index contributed by atoms with van der Waals surface area (Å²) in [5.74, 6) is 2.02. The third-order valence-electron chi connectivity index (χ3n) is 14.7. The van der Waals surface area contributed by atoms with Crippen molar-refractivity contribution >= 4 is 0 Å². The van der Waals surface area contributed by atoms with Crippen LogP contribution in [0.3, 0.4) is 0 Å². The second-order valence-electron chi connectivity index (χ2n) is 17.6.